The summed E-state index contributed by atoms with van der Waals surface area (Å²) in [6.45, 7) is 4.76. The number of rotatable bonds is 3. The molecule has 0 radical (unpaired) electrons. The van der Waals surface area contributed by atoms with Crippen molar-refractivity contribution >= 4 is 11.7 Å². The Kier molecular flexibility index (Phi) is 3.76. The highest BCUT2D eigenvalue weighted by Crippen LogP contribution is 2.25. The van der Waals surface area contributed by atoms with E-state index in [1.54, 1.807) is 12.1 Å². The number of primary amides is 1. The summed E-state index contributed by atoms with van der Waals surface area (Å²) in [4.78, 5) is 13.1. The maximum absolute atomic E-state index is 10.9. The lowest BCUT2D eigenvalue weighted by atomic mass is 9.87. The number of anilines is 1. The number of hydrogen-bond acceptors (Lipinski definition) is 5. The van der Waals surface area contributed by atoms with Crippen molar-refractivity contribution in [1.29, 1.82) is 0 Å². The van der Waals surface area contributed by atoms with Crippen molar-refractivity contribution in [2.75, 3.05) is 24.5 Å². The second-order valence-electron chi connectivity index (χ2n) is 4.85. The summed E-state index contributed by atoms with van der Waals surface area (Å²) in [6, 6.07) is 3.40. The predicted octanol–water partition coefficient (Wildman–Crippen LogP) is -0.00340. The Balaban J connectivity index is 2.09. The minimum absolute atomic E-state index is 0.194. The fourth-order valence-electron chi connectivity index (χ4n) is 2.29. The van der Waals surface area contributed by atoms with E-state index in [9.17, 15) is 4.79 Å². The number of hydrogen-bond donors (Lipinski definition) is 2. The van der Waals surface area contributed by atoms with Gasteiger partial charge in [0.15, 0.2) is 11.5 Å². The summed E-state index contributed by atoms with van der Waals surface area (Å²) in [5.41, 5.74) is 11.1. The van der Waals surface area contributed by atoms with Crippen molar-refractivity contribution in [2.45, 2.75) is 13.3 Å². The normalized spacial score (nSPS) is 24.0. The zero-order chi connectivity index (χ0) is 13.1. The van der Waals surface area contributed by atoms with E-state index in [1.807, 2.05) is 0 Å². The average molecular weight is 249 g/mol. The van der Waals surface area contributed by atoms with Crippen LogP contribution in [-0.4, -0.2) is 35.7 Å². The highest BCUT2D eigenvalue weighted by atomic mass is 16.1. The summed E-state index contributed by atoms with van der Waals surface area (Å²) < 4.78 is 0. The predicted molar refractivity (Wildman–Crippen MR) is 69.1 cm³/mol. The molecule has 1 fully saturated rings. The summed E-state index contributed by atoms with van der Waals surface area (Å²) in [5, 5.41) is 7.88. The zero-order valence-corrected chi connectivity index (χ0v) is 10.5. The van der Waals surface area contributed by atoms with Crippen LogP contribution in [0.5, 0.6) is 0 Å². The van der Waals surface area contributed by atoms with Crippen LogP contribution >= 0.6 is 0 Å². The molecule has 6 nitrogen and oxygen atoms in total. The number of carbonyl (C=O) groups is 1. The van der Waals surface area contributed by atoms with Gasteiger partial charge < -0.3 is 16.4 Å². The SMILES string of the molecule is CC1CCN(c2ccc(C(N)=O)nn2)CC1CN. The van der Waals surface area contributed by atoms with Gasteiger partial charge in [0, 0.05) is 13.1 Å². The van der Waals surface area contributed by atoms with Crippen molar-refractivity contribution in [3.8, 4) is 0 Å². The number of aromatic nitrogens is 2. The Labute approximate surface area is 106 Å². The van der Waals surface area contributed by atoms with Gasteiger partial charge in [-0.1, -0.05) is 6.92 Å². The lowest BCUT2D eigenvalue weighted by molar-refractivity contribution is 0.0994. The van der Waals surface area contributed by atoms with Crippen molar-refractivity contribution < 1.29 is 4.79 Å². The summed E-state index contributed by atoms with van der Waals surface area (Å²) >= 11 is 0. The third kappa shape index (κ3) is 2.59. The quantitative estimate of drug-likeness (QED) is 0.785. The Morgan fingerprint density at radius 1 is 1.50 bits per heavy atom. The monoisotopic (exact) mass is 249 g/mol. The molecule has 6 heteroatoms. The molecule has 2 atom stereocenters. The van der Waals surface area contributed by atoms with E-state index >= 15 is 0 Å². The fourth-order valence-corrected chi connectivity index (χ4v) is 2.29. The van der Waals surface area contributed by atoms with Crippen LogP contribution in [0, 0.1) is 11.8 Å². The van der Waals surface area contributed by atoms with Crippen molar-refractivity contribution in [2.24, 2.45) is 23.3 Å². The maximum atomic E-state index is 10.9. The first-order chi connectivity index (χ1) is 8.61. The molecule has 2 heterocycles. The summed E-state index contributed by atoms with van der Waals surface area (Å²) in [5.74, 6) is 1.35. The fraction of sp³-hybridized carbons (Fsp3) is 0.583. The molecule has 0 aromatic carbocycles. The van der Waals surface area contributed by atoms with Gasteiger partial charge in [-0.25, -0.2) is 0 Å². The maximum Gasteiger partial charge on any atom is 0.269 e. The molecule has 1 aromatic rings. The van der Waals surface area contributed by atoms with Gasteiger partial charge in [-0.2, -0.15) is 0 Å². The molecular weight excluding hydrogens is 230 g/mol. The van der Waals surface area contributed by atoms with Crippen molar-refractivity contribution in [3.05, 3.63) is 17.8 Å². The third-order valence-corrected chi connectivity index (χ3v) is 3.64. The standard InChI is InChI=1S/C12H19N5O/c1-8-4-5-17(7-9(8)6-13)11-3-2-10(12(14)18)15-16-11/h2-3,8-9H,4-7,13H2,1H3,(H2,14,18). The molecule has 1 saturated heterocycles. The first kappa shape index (κ1) is 12.8. The molecule has 0 aliphatic carbocycles. The minimum Gasteiger partial charge on any atom is -0.364 e. The number of piperidine rings is 1. The van der Waals surface area contributed by atoms with E-state index in [-0.39, 0.29) is 5.69 Å². The molecule has 2 rings (SSSR count). The Hall–Kier alpha value is -1.69. The highest BCUT2D eigenvalue weighted by Gasteiger charge is 2.26. The molecule has 0 bridgehead atoms. The lowest BCUT2D eigenvalue weighted by Gasteiger charge is -2.36. The molecule has 2 unspecified atom stereocenters. The molecule has 1 aliphatic heterocycles. The van der Waals surface area contributed by atoms with Gasteiger partial charge in [-0.05, 0) is 36.9 Å². The smallest absolute Gasteiger partial charge is 0.269 e. The van der Waals surface area contributed by atoms with Gasteiger partial charge >= 0.3 is 0 Å². The van der Waals surface area contributed by atoms with Gasteiger partial charge in [0.25, 0.3) is 5.91 Å². The Morgan fingerprint density at radius 2 is 2.28 bits per heavy atom. The van der Waals surface area contributed by atoms with E-state index in [0.29, 0.717) is 18.4 Å². The lowest BCUT2D eigenvalue weighted by Crippen LogP contribution is -2.43. The molecule has 4 N–H and O–H groups in total. The van der Waals surface area contributed by atoms with Crippen LogP contribution in [0.3, 0.4) is 0 Å². The molecule has 1 aromatic heterocycles. The topological polar surface area (TPSA) is 98.1 Å². The van der Waals surface area contributed by atoms with Gasteiger partial charge in [-0.3, -0.25) is 4.79 Å². The first-order valence-corrected chi connectivity index (χ1v) is 6.20. The molecule has 1 aliphatic rings. The second-order valence-corrected chi connectivity index (χ2v) is 4.85. The van der Waals surface area contributed by atoms with Crippen LogP contribution < -0.4 is 16.4 Å². The van der Waals surface area contributed by atoms with E-state index in [1.165, 1.54) is 0 Å². The summed E-state index contributed by atoms with van der Waals surface area (Å²) in [7, 11) is 0. The number of nitrogens with zero attached hydrogens (tertiary/aromatic N) is 3. The minimum atomic E-state index is -0.554. The van der Waals surface area contributed by atoms with E-state index < -0.39 is 5.91 Å². The molecular formula is C12H19N5O. The molecule has 0 spiro atoms. The van der Waals surface area contributed by atoms with Crippen molar-refractivity contribution in [1.82, 2.24) is 10.2 Å². The van der Waals surface area contributed by atoms with Crippen LogP contribution in [0.4, 0.5) is 5.82 Å². The van der Waals surface area contributed by atoms with Gasteiger partial charge in [0.1, 0.15) is 0 Å². The van der Waals surface area contributed by atoms with E-state index in [0.717, 1.165) is 25.3 Å². The van der Waals surface area contributed by atoms with Crippen LogP contribution in [0.25, 0.3) is 0 Å². The number of amides is 1. The van der Waals surface area contributed by atoms with Gasteiger partial charge in [0.05, 0.1) is 0 Å². The zero-order valence-electron chi connectivity index (χ0n) is 10.5. The highest BCUT2D eigenvalue weighted by molar-refractivity contribution is 5.90. The van der Waals surface area contributed by atoms with Gasteiger partial charge in [0.2, 0.25) is 0 Å². The molecule has 1 amide bonds. The summed E-state index contributed by atoms with van der Waals surface area (Å²) in [6.07, 6.45) is 1.10. The van der Waals surface area contributed by atoms with E-state index in [2.05, 4.69) is 22.0 Å². The van der Waals surface area contributed by atoms with Crippen LogP contribution in [-0.2, 0) is 0 Å². The largest absolute Gasteiger partial charge is 0.364 e. The van der Waals surface area contributed by atoms with Crippen LogP contribution in [0.2, 0.25) is 0 Å². The molecule has 98 valence electrons. The Bertz CT molecular complexity index is 419. The number of nitrogens with two attached hydrogens (primary N) is 2. The third-order valence-electron chi connectivity index (χ3n) is 3.64. The molecule has 0 saturated carbocycles. The first-order valence-electron chi connectivity index (χ1n) is 6.20. The van der Waals surface area contributed by atoms with Crippen LogP contribution in [0.1, 0.15) is 23.8 Å². The van der Waals surface area contributed by atoms with E-state index in [4.69, 9.17) is 11.5 Å². The van der Waals surface area contributed by atoms with Crippen LogP contribution in [0.15, 0.2) is 12.1 Å². The Morgan fingerprint density at radius 3 is 2.83 bits per heavy atom. The van der Waals surface area contributed by atoms with Crippen molar-refractivity contribution in [3.63, 3.8) is 0 Å². The van der Waals surface area contributed by atoms with Gasteiger partial charge in [-0.15, -0.1) is 10.2 Å². The average Bonchev–Trinajstić information content (AvgIpc) is 2.39. The second kappa shape index (κ2) is 5.30. The molecule has 18 heavy (non-hydrogen) atoms. The number of carbonyl (C=O) groups excluding carboxylic acids is 1.